The molecule has 1 aromatic rings. The standard InChI is InChI=1S/C43H61N2O5.Na.H2O/c1-25(2)35-30(47)22-43(45-37(49)28-20-26(3)44-27(4)21-28)19-18-41(10)29(36(35)43)12-13-32-40(9)16-15-33(50-34(48)23-38(5,6)24-46)39(7,8)31(40)14-17-42(32,41)11;;/h20-21,25,29,31-33H,12-19,22-23H2,1-11H3,(H,45,49);;1H2/q-1;+1;/p+1/t29-,31+,32-,33+,40+,41-,42-,43-;;/m1../s1. The minimum Gasteiger partial charge on any atom is -0.541 e. The van der Waals surface area contributed by atoms with Crippen LogP contribution in [0.25, 0.3) is 0 Å². The number of rotatable bonds is 7. The summed E-state index contributed by atoms with van der Waals surface area (Å²) in [6, 6.07) is 3.70. The summed E-state index contributed by atoms with van der Waals surface area (Å²) in [6.45, 7) is 23.8. The molecule has 0 spiro atoms. The zero-order valence-corrected chi connectivity index (χ0v) is 36.2. The molecule has 0 unspecified atom stereocenters. The van der Waals surface area contributed by atoms with Gasteiger partial charge in [-0.25, -0.2) is 0 Å². The van der Waals surface area contributed by atoms with E-state index in [1.165, 1.54) is 5.57 Å². The Morgan fingerprint density at radius 2 is 1.58 bits per heavy atom. The second-order valence-corrected chi connectivity index (χ2v) is 19.4. The molecule has 0 aliphatic heterocycles. The van der Waals surface area contributed by atoms with E-state index in [1.807, 2.05) is 32.3 Å². The number of carbonyl (C=O) groups is 3. The minimum absolute atomic E-state index is 0. The van der Waals surface area contributed by atoms with Gasteiger partial charge in [0.2, 0.25) is 0 Å². The van der Waals surface area contributed by atoms with Crippen LogP contribution >= 0.6 is 0 Å². The van der Waals surface area contributed by atoms with E-state index >= 15 is 0 Å². The molecule has 8 nitrogen and oxygen atoms in total. The fourth-order valence-corrected chi connectivity index (χ4v) is 12.8. The first-order valence-electron chi connectivity index (χ1n) is 19.3. The van der Waals surface area contributed by atoms with E-state index in [0.29, 0.717) is 23.8 Å². The molecule has 0 radical (unpaired) electrons. The van der Waals surface area contributed by atoms with Crippen molar-refractivity contribution in [3.63, 3.8) is 0 Å². The Morgan fingerprint density at radius 3 is 2.17 bits per heavy atom. The molecule has 1 aromatic heterocycles. The molecule has 6 rings (SSSR count). The molecule has 0 saturated heterocycles. The number of ether oxygens (including phenoxy) is 1. The summed E-state index contributed by atoms with van der Waals surface area (Å²) in [5.41, 5.74) is 2.87. The monoisotopic (exact) mass is 727 g/mol. The summed E-state index contributed by atoms with van der Waals surface area (Å²) in [4.78, 5) is 56.9. The van der Waals surface area contributed by atoms with Crippen LogP contribution in [0.2, 0.25) is 0 Å². The van der Waals surface area contributed by atoms with Gasteiger partial charge in [-0.3, -0.25) is 25.7 Å². The number of Topliss-reactive ketones (excluding diaryl/α,β-unsaturated/α-hetero) is 1. The summed E-state index contributed by atoms with van der Waals surface area (Å²) >= 11 is 0. The number of ketones is 1. The summed E-state index contributed by atoms with van der Waals surface area (Å²) < 4.78 is 6.19. The number of aryl methyl sites for hydroxylation is 2. The third-order valence-corrected chi connectivity index (χ3v) is 15.2. The molecule has 9 heteroatoms. The third-order valence-electron chi connectivity index (χ3n) is 15.2. The van der Waals surface area contributed by atoms with E-state index in [9.17, 15) is 19.2 Å². The first kappa shape index (κ1) is 42.9. The molecule has 5 aliphatic carbocycles. The zero-order valence-electron chi connectivity index (χ0n) is 34.2. The van der Waals surface area contributed by atoms with Gasteiger partial charge in [-0.2, -0.15) is 0 Å². The largest absolute Gasteiger partial charge is 1.00 e. The smallest absolute Gasteiger partial charge is 0.541 e. The number of esters is 1. The number of fused-ring (bicyclic) bond motifs is 7. The molecule has 0 bridgehead atoms. The number of hydrogen-bond donors (Lipinski definition) is 1. The van der Waals surface area contributed by atoms with Crippen LogP contribution in [0.1, 0.15) is 148 Å². The first-order chi connectivity index (χ1) is 23.1. The van der Waals surface area contributed by atoms with Crippen LogP contribution in [-0.2, 0) is 24.6 Å². The van der Waals surface area contributed by atoms with Crippen molar-refractivity contribution in [3.8, 4) is 0 Å². The molecule has 5 aliphatic rings. The van der Waals surface area contributed by atoms with Crippen LogP contribution in [-0.4, -0.2) is 40.6 Å². The summed E-state index contributed by atoms with van der Waals surface area (Å²) in [7, 11) is 0. The number of nitrogens with one attached hydrogen (secondary N) is 1. The molecule has 282 valence electrons. The second-order valence-electron chi connectivity index (χ2n) is 19.4. The van der Waals surface area contributed by atoms with Gasteiger partial charge in [-0.1, -0.05) is 62.3 Å². The van der Waals surface area contributed by atoms with E-state index in [-0.39, 0.29) is 98.7 Å². The first-order valence-corrected chi connectivity index (χ1v) is 19.3. The Labute approximate surface area is 334 Å². The Morgan fingerprint density at radius 1 is 0.942 bits per heavy atom. The number of aromatic nitrogens is 1. The van der Waals surface area contributed by atoms with Crippen LogP contribution in [0, 0.1) is 64.6 Å². The van der Waals surface area contributed by atoms with Crippen LogP contribution in [0.3, 0.4) is 0 Å². The van der Waals surface area contributed by atoms with Crippen molar-refractivity contribution in [3.05, 3.63) is 40.2 Å². The van der Waals surface area contributed by atoms with Crippen molar-refractivity contribution < 1.29 is 58.9 Å². The van der Waals surface area contributed by atoms with Crippen molar-refractivity contribution in [2.75, 3.05) is 0 Å². The van der Waals surface area contributed by atoms with Crippen molar-refractivity contribution in [2.45, 2.75) is 152 Å². The molecule has 52 heavy (non-hydrogen) atoms. The Bertz CT molecular complexity index is 1630. The Hall–Kier alpha value is -1.87. The molecule has 0 aromatic carbocycles. The van der Waals surface area contributed by atoms with Gasteiger partial charge in [0.1, 0.15) is 6.10 Å². The van der Waals surface area contributed by atoms with Gasteiger partial charge in [0.15, 0.2) is 5.78 Å². The normalized spacial score (nSPS) is 36.3. The molecule has 8 atom stereocenters. The van der Waals surface area contributed by atoms with Gasteiger partial charge in [0, 0.05) is 35.2 Å². The predicted molar refractivity (Wildman–Crippen MR) is 200 cm³/mol. The van der Waals surface area contributed by atoms with Crippen molar-refractivity contribution in [1.29, 1.82) is 0 Å². The number of hydrogen-bond acceptors (Lipinski definition) is 6. The van der Waals surface area contributed by atoms with Crippen molar-refractivity contribution >= 4 is 23.9 Å². The van der Waals surface area contributed by atoms with Crippen LogP contribution < -0.4 is 34.9 Å². The summed E-state index contributed by atoms with van der Waals surface area (Å²) in [5, 5.41) is 3.51. The number of carbonyl (C=O) groups excluding carboxylic acids is 4. The molecular weight excluding hydrogens is 663 g/mol. The van der Waals surface area contributed by atoms with Gasteiger partial charge >= 0.3 is 35.5 Å². The maximum absolute atomic E-state index is 14.0. The fourth-order valence-electron chi connectivity index (χ4n) is 12.8. The SMILES string of the molecule is Cc1cc(C(=O)N[C@@]23CC[C@]4(C)[C@H](CC[C@@H]5[C@@]6(C)CC[C@H](OC(=O)CC(C)(C)[C-]=O)C(C)(C)[C@@H]6CC[C@]54C)C2=C(C(C)C)C(=O)C3)cc(C)n1.[Na+].[OH3+]. The quantitative estimate of drug-likeness (QED) is 0.188. The van der Waals surface area contributed by atoms with E-state index in [2.05, 4.69) is 58.8 Å². The Kier molecular flexibility index (Phi) is 11.8. The van der Waals surface area contributed by atoms with Gasteiger partial charge in [0.25, 0.3) is 5.91 Å². The number of nitrogens with zero attached hydrogens (tertiary/aromatic N) is 1. The molecule has 1 amide bonds. The van der Waals surface area contributed by atoms with Crippen molar-refractivity contribution in [1.82, 2.24) is 10.3 Å². The van der Waals surface area contributed by atoms with E-state index in [1.54, 1.807) is 13.8 Å². The Balaban J connectivity index is 0.00000302. The van der Waals surface area contributed by atoms with Gasteiger partial charge in [0.05, 0.1) is 5.54 Å². The average Bonchev–Trinajstić information content (AvgIpc) is 3.30. The summed E-state index contributed by atoms with van der Waals surface area (Å²) in [6.07, 6.45) is 10.0. The van der Waals surface area contributed by atoms with E-state index < -0.39 is 11.0 Å². The van der Waals surface area contributed by atoms with Gasteiger partial charge in [-0.15, -0.1) is 5.41 Å². The van der Waals surface area contributed by atoms with Crippen LogP contribution in [0.15, 0.2) is 23.3 Å². The van der Waals surface area contributed by atoms with Crippen molar-refractivity contribution in [2.24, 2.45) is 50.7 Å². The zero-order chi connectivity index (χ0) is 36.8. The van der Waals surface area contributed by atoms with Gasteiger partial charge < -0.3 is 20.3 Å². The van der Waals surface area contributed by atoms with Gasteiger partial charge in [-0.05, 0) is 128 Å². The molecular formula is C43H64N2NaO6+. The topological polar surface area (TPSA) is 135 Å². The van der Waals surface area contributed by atoms with Crippen LogP contribution in [0.5, 0.6) is 0 Å². The summed E-state index contributed by atoms with van der Waals surface area (Å²) in [5.74, 6) is 1.01. The maximum atomic E-state index is 14.0. The number of pyridine rings is 1. The van der Waals surface area contributed by atoms with E-state index in [4.69, 9.17) is 4.74 Å². The minimum atomic E-state index is -0.850. The van der Waals surface area contributed by atoms with Crippen LogP contribution in [0.4, 0.5) is 0 Å². The number of allylic oxidation sites excluding steroid dienone is 1. The fraction of sp³-hybridized carbons (Fsp3) is 0.744. The predicted octanol–water partition coefficient (Wildman–Crippen LogP) is 4.68. The molecule has 4 fully saturated rings. The molecule has 1 heterocycles. The number of amides is 1. The molecule has 4 saturated carbocycles. The van der Waals surface area contributed by atoms with E-state index in [0.717, 1.165) is 68.3 Å². The second kappa shape index (κ2) is 14.3. The third kappa shape index (κ3) is 6.61. The average molecular weight is 728 g/mol. The maximum Gasteiger partial charge on any atom is 1.00 e. The molecule has 4 N–H and O–H groups in total.